The Balaban J connectivity index is 1.34. The molecule has 1 aliphatic rings. The zero-order valence-corrected chi connectivity index (χ0v) is 24.5. The van der Waals surface area contributed by atoms with Crippen LogP contribution < -0.4 is 11.0 Å². The second-order valence-electron chi connectivity index (χ2n) is 9.82. The first-order valence-electron chi connectivity index (χ1n) is 13.0. The van der Waals surface area contributed by atoms with E-state index in [1.54, 1.807) is 27.7 Å². The summed E-state index contributed by atoms with van der Waals surface area (Å²) in [6.45, 7) is 6.48. The smallest absolute Gasteiger partial charge is 0.413 e. The largest absolute Gasteiger partial charge is 0.448 e. The van der Waals surface area contributed by atoms with Crippen LogP contribution in [-0.2, 0) is 29.6 Å². The lowest BCUT2D eigenvalue weighted by Crippen LogP contribution is -2.29. The van der Waals surface area contributed by atoms with Crippen LogP contribution in [-0.4, -0.2) is 58.0 Å². The number of benzene rings is 2. The Morgan fingerprint density at radius 1 is 1.05 bits per heavy atom. The Morgan fingerprint density at radius 3 is 2.17 bits per heavy atom. The number of nitrogens with one attached hydrogen (secondary N) is 1. The van der Waals surface area contributed by atoms with E-state index in [1.165, 1.54) is 3.96 Å². The molecule has 0 fully saturated rings. The molecule has 0 unspecified atom stereocenters. The van der Waals surface area contributed by atoms with Gasteiger partial charge in [-0.25, -0.2) is 13.5 Å². The average molecular weight is 592 g/mol. The van der Waals surface area contributed by atoms with Gasteiger partial charge in [0, 0.05) is 5.92 Å². The number of carbonyl (C=O) groups excluding carboxylic acids is 1. The lowest BCUT2D eigenvalue weighted by molar-refractivity contribution is 0.0117. The van der Waals surface area contributed by atoms with Crippen molar-refractivity contribution < 1.29 is 33.0 Å². The molecule has 4 rings (SSSR count). The van der Waals surface area contributed by atoms with E-state index in [-0.39, 0.29) is 36.4 Å². The minimum atomic E-state index is -3.59. The van der Waals surface area contributed by atoms with Crippen LogP contribution >= 0.6 is 19.1 Å². The molecule has 40 heavy (non-hydrogen) atoms. The predicted octanol–water partition coefficient (Wildman–Crippen LogP) is 5.04. The van der Waals surface area contributed by atoms with Gasteiger partial charge in [-0.15, -0.1) is 0 Å². The minimum Gasteiger partial charge on any atom is -0.448 e. The summed E-state index contributed by atoms with van der Waals surface area (Å²) in [5.74, 6) is -0.104. The number of fused-ring (bicyclic) bond motifs is 3. The first-order chi connectivity index (χ1) is 19.1. The fourth-order valence-corrected chi connectivity index (χ4v) is 7.13. The molecule has 0 spiro atoms. The lowest BCUT2D eigenvalue weighted by atomic mass is 9.98. The Labute approximate surface area is 236 Å². The second kappa shape index (κ2) is 13.2. The summed E-state index contributed by atoms with van der Waals surface area (Å²) in [5.41, 5.74) is 3.77. The van der Waals surface area contributed by atoms with Gasteiger partial charge in [-0.1, -0.05) is 48.5 Å². The van der Waals surface area contributed by atoms with Crippen LogP contribution in [0.15, 0.2) is 53.3 Å². The molecule has 1 atom stereocenters. The van der Waals surface area contributed by atoms with E-state index < -0.39 is 38.4 Å². The number of nitrogens with zero attached hydrogens (tertiary/aromatic N) is 2. The van der Waals surface area contributed by atoms with E-state index in [0.717, 1.165) is 33.8 Å². The molecule has 0 saturated carbocycles. The molecule has 2 N–H and O–H groups in total. The molecule has 1 amide bonds. The minimum absolute atomic E-state index is 0.0378. The van der Waals surface area contributed by atoms with Crippen molar-refractivity contribution in [2.24, 2.45) is 0 Å². The fraction of sp³-hybridized carbons (Fsp3) is 0.444. The van der Waals surface area contributed by atoms with Gasteiger partial charge in [0.15, 0.2) is 0 Å². The number of ether oxygens (including phenoxy) is 2. The normalized spacial score (nSPS) is 13.9. The van der Waals surface area contributed by atoms with Crippen molar-refractivity contribution in [1.29, 1.82) is 0 Å². The van der Waals surface area contributed by atoms with Crippen molar-refractivity contribution in [3.05, 3.63) is 70.1 Å². The lowest BCUT2D eigenvalue weighted by Gasteiger charge is -2.24. The summed E-state index contributed by atoms with van der Waals surface area (Å²) in [6, 6.07) is 16.0. The summed E-state index contributed by atoms with van der Waals surface area (Å²) in [7, 11) is -3.59. The Kier molecular flexibility index (Phi) is 9.94. The van der Waals surface area contributed by atoms with Gasteiger partial charge in [0.05, 0.1) is 25.4 Å². The van der Waals surface area contributed by atoms with Gasteiger partial charge in [-0.3, -0.25) is 9.88 Å². The van der Waals surface area contributed by atoms with Crippen molar-refractivity contribution in [3.8, 4) is 11.1 Å². The summed E-state index contributed by atoms with van der Waals surface area (Å²) in [6.07, 6.45) is -2.75. The monoisotopic (exact) mass is 591 g/mol. The van der Waals surface area contributed by atoms with Crippen LogP contribution in [0.3, 0.4) is 0 Å². The highest BCUT2D eigenvalue weighted by Crippen LogP contribution is 2.50. The van der Waals surface area contributed by atoms with Gasteiger partial charge < -0.3 is 23.6 Å². The molecule has 1 heterocycles. The zero-order valence-electron chi connectivity index (χ0n) is 22.8. The van der Waals surface area contributed by atoms with Crippen LogP contribution in [0.1, 0.15) is 44.7 Å². The maximum absolute atomic E-state index is 13.0. The topological polar surface area (TPSA) is 138 Å². The quantitative estimate of drug-likeness (QED) is 0.262. The Morgan fingerprint density at radius 2 is 1.62 bits per heavy atom. The molecule has 0 radical (unpaired) electrons. The summed E-state index contributed by atoms with van der Waals surface area (Å²) >= 11 is 0.880. The number of carbonyl (C=O) groups is 1. The number of rotatable bonds is 13. The standard InChI is InChI=1S/C27H34N3O8PS/c1-17(2)37-39(34,38-18(3)4)16-36-19(14-31)13-30-26(32)28-25(40-30)29-27(33)35-15-24-22-11-7-5-9-20(22)21-10-6-8-12-23(21)24/h5-12,17-19,24,31H,13-16H2,1-4H3,(H,28,29,32,33)/t19-/m0/s1. The maximum atomic E-state index is 13.0. The van der Waals surface area contributed by atoms with Crippen molar-refractivity contribution in [2.75, 3.05) is 24.9 Å². The fourth-order valence-electron chi connectivity index (χ4n) is 4.47. The maximum Gasteiger partial charge on any atom is 0.413 e. The van der Waals surface area contributed by atoms with E-state index in [0.29, 0.717) is 0 Å². The SMILES string of the molecule is CC(C)OP(=O)(CO[C@H](CO)Cn1sc(NC(=O)OCC2c3ccccc3-c3ccccc32)nc1=O)OC(C)C. The number of aliphatic hydroxyl groups is 1. The number of anilines is 1. The van der Waals surface area contributed by atoms with Crippen molar-refractivity contribution in [2.45, 2.75) is 58.5 Å². The first-order valence-corrected chi connectivity index (χ1v) is 15.5. The van der Waals surface area contributed by atoms with E-state index in [4.69, 9.17) is 18.5 Å². The van der Waals surface area contributed by atoms with Gasteiger partial charge in [0.25, 0.3) is 0 Å². The molecule has 0 bridgehead atoms. The number of hydrogen-bond donors (Lipinski definition) is 2. The van der Waals surface area contributed by atoms with Crippen molar-refractivity contribution in [3.63, 3.8) is 0 Å². The molecule has 2 aromatic carbocycles. The van der Waals surface area contributed by atoms with Gasteiger partial charge in [0.1, 0.15) is 19.1 Å². The third-order valence-electron chi connectivity index (χ3n) is 5.94. The van der Waals surface area contributed by atoms with Crippen LogP contribution in [0, 0.1) is 0 Å². The summed E-state index contributed by atoms with van der Waals surface area (Å²) in [4.78, 5) is 28.9. The van der Waals surface area contributed by atoms with Gasteiger partial charge in [-0.05, 0) is 61.5 Å². The molecule has 0 saturated heterocycles. The molecule has 13 heteroatoms. The Hall–Kier alpha value is -2.86. The predicted molar refractivity (Wildman–Crippen MR) is 152 cm³/mol. The van der Waals surface area contributed by atoms with Crippen LogP contribution in [0.25, 0.3) is 11.1 Å². The highest BCUT2D eigenvalue weighted by Gasteiger charge is 2.31. The summed E-state index contributed by atoms with van der Waals surface area (Å²) in [5, 5.41) is 12.3. The average Bonchev–Trinajstić information content (AvgIpc) is 3.40. The molecule has 11 nitrogen and oxygen atoms in total. The number of hydrogen-bond acceptors (Lipinski definition) is 10. The third-order valence-corrected chi connectivity index (χ3v) is 8.79. The van der Waals surface area contributed by atoms with Crippen LogP contribution in [0.2, 0.25) is 0 Å². The number of aromatic nitrogens is 2. The van der Waals surface area contributed by atoms with E-state index >= 15 is 0 Å². The Bertz CT molecular complexity index is 1360. The van der Waals surface area contributed by atoms with Gasteiger partial charge in [-0.2, -0.15) is 4.98 Å². The molecular weight excluding hydrogens is 557 g/mol. The zero-order chi connectivity index (χ0) is 28.9. The van der Waals surface area contributed by atoms with Gasteiger partial charge in [0.2, 0.25) is 5.13 Å². The molecular formula is C27H34N3O8PS. The highest BCUT2D eigenvalue weighted by molar-refractivity contribution is 7.53. The van der Waals surface area contributed by atoms with Crippen molar-refractivity contribution >= 4 is 30.4 Å². The second-order valence-corrected chi connectivity index (χ2v) is 12.7. The molecule has 1 aromatic heterocycles. The van der Waals surface area contributed by atoms with Crippen LogP contribution in [0.5, 0.6) is 0 Å². The van der Waals surface area contributed by atoms with E-state index in [2.05, 4.69) is 22.4 Å². The third kappa shape index (κ3) is 7.45. The van der Waals surface area contributed by atoms with E-state index in [9.17, 15) is 19.3 Å². The first kappa shape index (κ1) is 30.1. The van der Waals surface area contributed by atoms with E-state index in [1.807, 2.05) is 36.4 Å². The summed E-state index contributed by atoms with van der Waals surface area (Å²) < 4.78 is 36.2. The number of amides is 1. The highest BCUT2D eigenvalue weighted by atomic mass is 32.1. The van der Waals surface area contributed by atoms with Crippen molar-refractivity contribution in [1.82, 2.24) is 8.94 Å². The molecule has 216 valence electrons. The molecule has 0 aliphatic heterocycles. The molecule has 1 aliphatic carbocycles. The van der Waals surface area contributed by atoms with Gasteiger partial charge >= 0.3 is 19.4 Å². The molecule has 3 aromatic rings. The number of aliphatic hydroxyl groups excluding tert-OH is 1. The van der Waals surface area contributed by atoms with Crippen LogP contribution in [0.4, 0.5) is 9.93 Å².